The standard InChI is InChI=1S/C13H13NO3S2/c1-8-9(2)19-13(17)14(8)6-11-5-10(7-18-11)3-4-12(15)16/h3-5,7H,6H2,1-2H3,(H,15,16). The number of rotatable bonds is 4. The quantitative estimate of drug-likeness (QED) is 0.882. The number of carboxylic acids is 1. The Balaban J connectivity index is 2.20. The average Bonchev–Trinajstić information content (AvgIpc) is 2.88. The van der Waals surface area contributed by atoms with Gasteiger partial charge < -0.3 is 5.11 Å². The van der Waals surface area contributed by atoms with Crippen LogP contribution >= 0.6 is 22.7 Å². The lowest BCUT2D eigenvalue weighted by molar-refractivity contribution is -0.131. The Kier molecular flexibility index (Phi) is 4.01. The molecule has 2 rings (SSSR count). The molecule has 0 aliphatic heterocycles. The minimum atomic E-state index is -0.965. The number of nitrogens with zero attached hydrogens (tertiary/aromatic N) is 1. The van der Waals surface area contributed by atoms with Crippen LogP contribution in [0.25, 0.3) is 6.08 Å². The van der Waals surface area contributed by atoms with E-state index in [1.165, 1.54) is 22.7 Å². The number of hydrogen-bond donors (Lipinski definition) is 1. The smallest absolute Gasteiger partial charge is 0.328 e. The van der Waals surface area contributed by atoms with Crippen LogP contribution in [0, 0.1) is 13.8 Å². The molecule has 0 aliphatic rings. The number of carboxylic acid groups (broad SMARTS) is 1. The summed E-state index contributed by atoms with van der Waals surface area (Å²) in [5.74, 6) is -0.965. The maximum Gasteiger partial charge on any atom is 0.328 e. The number of thiophene rings is 1. The Morgan fingerprint density at radius 1 is 1.47 bits per heavy atom. The van der Waals surface area contributed by atoms with Gasteiger partial charge in [0.05, 0.1) is 6.54 Å². The van der Waals surface area contributed by atoms with Gasteiger partial charge in [-0.1, -0.05) is 11.3 Å². The average molecular weight is 295 g/mol. The van der Waals surface area contributed by atoms with Crippen LogP contribution in [-0.4, -0.2) is 15.6 Å². The molecule has 0 amide bonds. The topological polar surface area (TPSA) is 59.3 Å². The Morgan fingerprint density at radius 2 is 2.21 bits per heavy atom. The van der Waals surface area contributed by atoms with Gasteiger partial charge in [0.1, 0.15) is 0 Å². The monoisotopic (exact) mass is 295 g/mol. The van der Waals surface area contributed by atoms with Gasteiger partial charge in [-0.2, -0.15) is 0 Å². The second-order valence-electron chi connectivity index (χ2n) is 4.11. The van der Waals surface area contributed by atoms with E-state index in [9.17, 15) is 9.59 Å². The van der Waals surface area contributed by atoms with Crippen molar-refractivity contribution in [3.63, 3.8) is 0 Å². The molecule has 0 bridgehead atoms. The molecule has 2 heterocycles. The predicted molar refractivity (Wildman–Crippen MR) is 78.1 cm³/mol. The molecule has 0 aromatic carbocycles. The van der Waals surface area contributed by atoms with Crippen molar-refractivity contribution in [3.05, 3.63) is 48.2 Å². The van der Waals surface area contributed by atoms with Crippen LogP contribution in [-0.2, 0) is 11.3 Å². The van der Waals surface area contributed by atoms with Gasteiger partial charge in [0.2, 0.25) is 0 Å². The van der Waals surface area contributed by atoms with E-state index >= 15 is 0 Å². The molecular weight excluding hydrogens is 282 g/mol. The Labute approximate surface area is 118 Å². The molecule has 19 heavy (non-hydrogen) atoms. The molecule has 0 atom stereocenters. The van der Waals surface area contributed by atoms with Gasteiger partial charge in [-0.25, -0.2) is 4.79 Å². The number of aliphatic carboxylic acids is 1. The maximum absolute atomic E-state index is 11.8. The molecule has 0 radical (unpaired) electrons. The van der Waals surface area contributed by atoms with Crippen LogP contribution in [0.2, 0.25) is 0 Å². The summed E-state index contributed by atoms with van der Waals surface area (Å²) in [6.45, 7) is 4.42. The van der Waals surface area contributed by atoms with Crippen LogP contribution in [0.15, 0.2) is 22.3 Å². The largest absolute Gasteiger partial charge is 0.478 e. The molecule has 0 unspecified atom stereocenters. The summed E-state index contributed by atoms with van der Waals surface area (Å²) in [6.07, 6.45) is 2.66. The first-order valence-corrected chi connectivity index (χ1v) is 7.32. The zero-order valence-electron chi connectivity index (χ0n) is 10.5. The molecule has 4 nitrogen and oxygen atoms in total. The summed E-state index contributed by atoms with van der Waals surface area (Å²) in [5.41, 5.74) is 1.84. The third-order valence-electron chi connectivity index (χ3n) is 2.78. The highest BCUT2D eigenvalue weighted by Gasteiger charge is 2.08. The number of hydrogen-bond acceptors (Lipinski definition) is 4. The predicted octanol–water partition coefficient (Wildman–Crippen LogP) is 2.73. The van der Waals surface area contributed by atoms with Crippen molar-refractivity contribution in [2.75, 3.05) is 0 Å². The van der Waals surface area contributed by atoms with Gasteiger partial charge >= 0.3 is 10.8 Å². The molecule has 0 spiro atoms. The first-order chi connectivity index (χ1) is 8.97. The van der Waals surface area contributed by atoms with Crippen molar-refractivity contribution >= 4 is 34.7 Å². The minimum absolute atomic E-state index is 0.0472. The van der Waals surface area contributed by atoms with Crippen molar-refractivity contribution in [2.45, 2.75) is 20.4 Å². The molecule has 0 saturated carbocycles. The van der Waals surface area contributed by atoms with Gasteiger partial charge in [-0.3, -0.25) is 9.36 Å². The first kappa shape index (κ1) is 13.8. The summed E-state index contributed by atoms with van der Waals surface area (Å²) in [4.78, 5) is 24.3. The fourth-order valence-electron chi connectivity index (χ4n) is 1.66. The number of thiazole rings is 1. The van der Waals surface area contributed by atoms with Crippen molar-refractivity contribution in [3.8, 4) is 0 Å². The fraction of sp³-hybridized carbons (Fsp3) is 0.231. The van der Waals surface area contributed by atoms with Crippen molar-refractivity contribution in [1.82, 2.24) is 4.57 Å². The zero-order chi connectivity index (χ0) is 14.0. The second-order valence-corrected chi connectivity index (χ2v) is 6.28. The highest BCUT2D eigenvalue weighted by atomic mass is 32.1. The van der Waals surface area contributed by atoms with Crippen LogP contribution < -0.4 is 4.87 Å². The van der Waals surface area contributed by atoms with E-state index in [1.807, 2.05) is 25.3 Å². The lowest BCUT2D eigenvalue weighted by Gasteiger charge is -2.01. The maximum atomic E-state index is 11.8. The third kappa shape index (κ3) is 3.21. The lowest BCUT2D eigenvalue weighted by atomic mass is 10.3. The molecule has 2 aromatic rings. The van der Waals surface area contributed by atoms with Crippen molar-refractivity contribution in [2.24, 2.45) is 0 Å². The first-order valence-electron chi connectivity index (χ1n) is 5.62. The highest BCUT2D eigenvalue weighted by molar-refractivity contribution is 7.10. The Morgan fingerprint density at radius 3 is 2.79 bits per heavy atom. The van der Waals surface area contributed by atoms with Crippen molar-refractivity contribution < 1.29 is 9.90 Å². The van der Waals surface area contributed by atoms with Crippen LogP contribution in [0.5, 0.6) is 0 Å². The van der Waals surface area contributed by atoms with E-state index in [2.05, 4.69) is 0 Å². The minimum Gasteiger partial charge on any atom is -0.478 e. The van der Waals surface area contributed by atoms with E-state index in [4.69, 9.17) is 5.11 Å². The summed E-state index contributed by atoms with van der Waals surface area (Å²) < 4.78 is 1.75. The molecular formula is C13H13NO3S2. The van der Waals surface area contributed by atoms with E-state index in [0.29, 0.717) is 6.54 Å². The Hall–Kier alpha value is -1.66. The van der Waals surface area contributed by atoms with Crippen LogP contribution in [0.3, 0.4) is 0 Å². The third-order valence-corrected chi connectivity index (χ3v) is 4.72. The fourth-order valence-corrected chi connectivity index (χ4v) is 3.33. The van der Waals surface area contributed by atoms with Crippen LogP contribution in [0.1, 0.15) is 21.0 Å². The van der Waals surface area contributed by atoms with Gasteiger partial charge in [0, 0.05) is 21.5 Å². The summed E-state index contributed by atoms with van der Waals surface area (Å²) in [7, 11) is 0. The van der Waals surface area contributed by atoms with Gasteiger partial charge in [-0.05, 0) is 36.9 Å². The zero-order valence-corrected chi connectivity index (χ0v) is 12.2. The number of aromatic nitrogens is 1. The molecule has 0 fully saturated rings. The Bertz CT molecular complexity index is 691. The van der Waals surface area contributed by atoms with E-state index in [-0.39, 0.29) is 4.87 Å². The normalized spacial score (nSPS) is 11.3. The SMILES string of the molecule is Cc1sc(=O)n(Cc2cc(C=CC(=O)O)cs2)c1C. The van der Waals surface area contributed by atoms with E-state index in [1.54, 1.807) is 10.6 Å². The van der Waals surface area contributed by atoms with Crippen molar-refractivity contribution in [1.29, 1.82) is 0 Å². The number of aryl methyl sites for hydroxylation is 1. The molecule has 6 heteroatoms. The molecule has 100 valence electrons. The highest BCUT2D eigenvalue weighted by Crippen LogP contribution is 2.19. The van der Waals surface area contributed by atoms with Gasteiger partial charge in [-0.15, -0.1) is 11.3 Å². The number of carbonyl (C=O) groups is 1. The summed E-state index contributed by atoms with van der Waals surface area (Å²) >= 11 is 2.78. The summed E-state index contributed by atoms with van der Waals surface area (Å²) in [5, 5.41) is 10.4. The van der Waals surface area contributed by atoms with Gasteiger partial charge in [0.15, 0.2) is 0 Å². The summed E-state index contributed by atoms with van der Waals surface area (Å²) in [6, 6.07) is 1.91. The second kappa shape index (κ2) is 5.54. The molecule has 0 saturated heterocycles. The lowest BCUT2D eigenvalue weighted by Crippen LogP contribution is -2.14. The van der Waals surface area contributed by atoms with E-state index < -0.39 is 5.97 Å². The molecule has 2 aromatic heterocycles. The van der Waals surface area contributed by atoms with E-state index in [0.717, 1.165) is 27.1 Å². The molecule has 1 N–H and O–H groups in total. The van der Waals surface area contributed by atoms with Gasteiger partial charge in [0.25, 0.3) is 0 Å². The van der Waals surface area contributed by atoms with Crippen LogP contribution in [0.4, 0.5) is 0 Å². The molecule has 0 aliphatic carbocycles.